The maximum absolute atomic E-state index is 14.3. The molecule has 0 radical (unpaired) electrons. The zero-order chi connectivity index (χ0) is 29.5. The number of nitrogens with zero attached hydrogens (tertiary/aromatic N) is 4. The first-order chi connectivity index (χ1) is 20.3. The van der Waals surface area contributed by atoms with Gasteiger partial charge in [-0.25, -0.2) is 9.97 Å². The van der Waals surface area contributed by atoms with E-state index in [0.29, 0.717) is 24.5 Å². The lowest BCUT2D eigenvalue weighted by Gasteiger charge is -2.45. The van der Waals surface area contributed by atoms with Gasteiger partial charge in [0.2, 0.25) is 11.8 Å². The van der Waals surface area contributed by atoms with Crippen LogP contribution in [-0.4, -0.2) is 64.3 Å². The van der Waals surface area contributed by atoms with Gasteiger partial charge in [-0.1, -0.05) is 60.9 Å². The van der Waals surface area contributed by atoms with E-state index in [4.69, 9.17) is 4.74 Å². The summed E-state index contributed by atoms with van der Waals surface area (Å²) in [6.07, 6.45) is 4.11. The van der Waals surface area contributed by atoms with E-state index in [2.05, 4.69) is 44.5 Å². The predicted octanol–water partition coefficient (Wildman–Crippen LogP) is 5.70. The lowest BCUT2D eigenvalue weighted by Crippen LogP contribution is -2.60. The molecule has 0 bridgehead atoms. The molecule has 5 rings (SSSR count). The maximum atomic E-state index is 14.3. The molecule has 8 nitrogen and oxygen atoms in total. The van der Waals surface area contributed by atoms with Crippen molar-refractivity contribution in [2.24, 2.45) is 0 Å². The molecule has 2 fully saturated rings. The zero-order valence-electron chi connectivity index (χ0n) is 24.9. The average Bonchev–Trinajstić information content (AvgIpc) is 3.00. The van der Waals surface area contributed by atoms with Crippen LogP contribution in [0.15, 0.2) is 59.8 Å². The highest BCUT2D eigenvalue weighted by Crippen LogP contribution is 2.37. The molecule has 1 saturated carbocycles. The number of morpholine rings is 1. The van der Waals surface area contributed by atoms with Crippen molar-refractivity contribution in [1.82, 2.24) is 14.9 Å². The molecular formula is C33H41N5O3S. The normalized spacial score (nSPS) is 16.6. The highest BCUT2D eigenvalue weighted by molar-refractivity contribution is 7.99. The summed E-state index contributed by atoms with van der Waals surface area (Å²) in [7, 11) is 0. The molecule has 1 aromatic heterocycles. The van der Waals surface area contributed by atoms with E-state index in [1.165, 1.54) is 11.8 Å². The van der Waals surface area contributed by atoms with Crippen LogP contribution >= 0.6 is 11.8 Å². The number of thioether (sulfide) groups is 1. The topological polar surface area (TPSA) is 87.7 Å². The minimum atomic E-state index is -0.937. The standard InChI is InChI=1S/C33H41N5O3S/c1-24-7-9-27(10-8-24)22-38(30(39)23-42-32-34-25(2)21-26(3)35-32)33(15-5-4-6-16-33)31(40)36-28-11-13-29(14-12-28)37-17-19-41-20-18-37/h7-14,21H,4-6,15-20,22-23H2,1-3H3,(H,36,40). The second-order valence-electron chi connectivity index (χ2n) is 11.4. The third kappa shape index (κ3) is 7.31. The number of hydrogen-bond acceptors (Lipinski definition) is 7. The molecule has 0 unspecified atom stereocenters. The van der Waals surface area contributed by atoms with Crippen LogP contribution in [0.25, 0.3) is 0 Å². The highest BCUT2D eigenvalue weighted by atomic mass is 32.2. The van der Waals surface area contributed by atoms with Crippen molar-refractivity contribution in [2.45, 2.75) is 70.1 Å². The first-order valence-corrected chi connectivity index (χ1v) is 15.9. The van der Waals surface area contributed by atoms with E-state index in [-0.39, 0.29) is 17.6 Å². The number of anilines is 2. The Bertz CT molecular complexity index is 1350. The fraction of sp³-hybridized carbons (Fsp3) is 0.455. The second-order valence-corrected chi connectivity index (χ2v) is 12.3. The van der Waals surface area contributed by atoms with Gasteiger partial charge < -0.3 is 19.9 Å². The summed E-state index contributed by atoms with van der Waals surface area (Å²) in [5.41, 5.74) is 4.83. The first-order valence-electron chi connectivity index (χ1n) is 14.9. The van der Waals surface area contributed by atoms with Crippen LogP contribution in [-0.2, 0) is 20.9 Å². The van der Waals surface area contributed by atoms with Crippen LogP contribution in [0.2, 0.25) is 0 Å². The van der Waals surface area contributed by atoms with Crippen molar-refractivity contribution in [3.8, 4) is 0 Å². The number of benzene rings is 2. The number of aryl methyl sites for hydroxylation is 3. The van der Waals surface area contributed by atoms with Crippen molar-refractivity contribution >= 4 is 35.0 Å². The SMILES string of the molecule is Cc1ccc(CN(C(=O)CSc2nc(C)cc(C)n2)C2(C(=O)Nc3ccc(N4CCOCC4)cc3)CCCCC2)cc1. The summed E-state index contributed by atoms with van der Waals surface area (Å²) in [6, 6.07) is 18.1. The van der Waals surface area contributed by atoms with Crippen molar-refractivity contribution in [1.29, 1.82) is 0 Å². The number of aromatic nitrogens is 2. The molecular weight excluding hydrogens is 546 g/mol. The van der Waals surface area contributed by atoms with Crippen LogP contribution in [0.5, 0.6) is 0 Å². The number of amides is 2. The van der Waals surface area contributed by atoms with E-state index in [0.717, 1.165) is 79.5 Å². The number of rotatable bonds is 9. The Balaban J connectivity index is 1.40. The van der Waals surface area contributed by atoms with Gasteiger partial charge in [-0.05, 0) is 69.5 Å². The van der Waals surface area contributed by atoms with Crippen molar-refractivity contribution in [3.63, 3.8) is 0 Å². The summed E-state index contributed by atoms with van der Waals surface area (Å²) in [5, 5.41) is 3.78. The van der Waals surface area contributed by atoms with Gasteiger partial charge >= 0.3 is 0 Å². The third-order valence-electron chi connectivity index (χ3n) is 8.17. The molecule has 0 spiro atoms. The van der Waals surface area contributed by atoms with Crippen molar-refractivity contribution in [3.05, 3.63) is 77.1 Å². The van der Waals surface area contributed by atoms with Gasteiger partial charge in [0, 0.05) is 42.4 Å². The number of hydrogen-bond donors (Lipinski definition) is 1. The largest absolute Gasteiger partial charge is 0.378 e. The summed E-state index contributed by atoms with van der Waals surface area (Å²) in [5.74, 6) is -0.0321. The zero-order valence-corrected chi connectivity index (χ0v) is 25.7. The highest BCUT2D eigenvalue weighted by Gasteiger charge is 2.47. The number of nitrogens with one attached hydrogen (secondary N) is 1. The predicted molar refractivity (Wildman–Crippen MR) is 168 cm³/mol. The van der Waals surface area contributed by atoms with Gasteiger partial charge in [-0.3, -0.25) is 9.59 Å². The number of carbonyl (C=O) groups excluding carboxylic acids is 2. The molecule has 0 atom stereocenters. The Kier molecular flexibility index (Phi) is 9.80. The second kappa shape index (κ2) is 13.7. The van der Waals surface area contributed by atoms with Gasteiger partial charge in [0.1, 0.15) is 5.54 Å². The third-order valence-corrected chi connectivity index (χ3v) is 9.00. The Morgan fingerprint density at radius 1 is 0.929 bits per heavy atom. The van der Waals surface area contributed by atoms with E-state index < -0.39 is 5.54 Å². The lowest BCUT2D eigenvalue weighted by atomic mass is 9.79. The molecule has 1 saturated heterocycles. The fourth-order valence-electron chi connectivity index (χ4n) is 5.90. The molecule has 222 valence electrons. The Morgan fingerprint density at radius 3 is 2.21 bits per heavy atom. The molecule has 1 N–H and O–H groups in total. The Morgan fingerprint density at radius 2 is 1.57 bits per heavy atom. The molecule has 3 aromatic rings. The minimum Gasteiger partial charge on any atom is -0.378 e. The van der Waals surface area contributed by atoms with Crippen LogP contribution in [0, 0.1) is 20.8 Å². The smallest absolute Gasteiger partial charge is 0.250 e. The molecule has 1 aliphatic carbocycles. The minimum absolute atomic E-state index is 0.0805. The van der Waals surface area contributed by atoms with Crippen molar-refractivity contribution < 1.29 is 14.3 Å². The van der Waals surface area contributed by atoms with E-state index in [1.54, 1.807) is 0 Å². The molecule has 1 aliphatic heterocycles. The van der Waals surface area contributed by atoms with Gasteiger partial charge in [-0.2, -0.15) is 0 Å². The molecule has 42 heavy (non-hydrogen) atoms. The Labute approximate surface area is 253 Å². The van der Waals surface area contributed by atoms with Gasteiger partial charge in [0.15, 0.2) is 5.16 Å². The molecule has 2 amide bonds. The van der Waals surface area contributed by atoms with Crippen LogP contribution in [0.1, 0.15) is 54.6 Å². The molecule has 2 aliphatic rings. The van der Waals surface area contributed by atoms with E-state index in [1.807, 2.05) is 56.0 Å². The fourth-order valence-corrected chi connectivity index (χ4v) is 6.72. The van der Waals surface area contributed by atoms with Crippen LogP contribution in [0.4, 0.5) is 11.4 Å². The van der Waals surface area contributed by atoms with E-state index in [9.17, 15) is 9.59 Å². The quantitative estimate of drug-likeness (QED) is 0.254. The number of carbonyl (C=O) groups is 2. The number of ether oxygens (including phenoxy) is 1. The van der Waals surface area contributed by atoms with Crippen molar-refractivity contribution in [2.75, 3.05) is 42.3 Å². The monoisotopic (exact) mass is 587 g/mol. The van der Waals surface area contributed by atoms with E-state index >= 15 is 0 Å². The molecule has 2 aromatic carbocycles. The molecule has 2 heterocycles. The summed E-state index contributed by atoms with van der Waals surface area (Å²) in [6.45, 7) is 9.44. The summed E-state index contributed by atoms with van der Waals surface area (Å²) in [4.78, 5) is 41.5. The summed E-state index contributed by atoms with van der Waals surface area (Å²) >= 11 is 1.33. The summed E-state index contributed by atoms with van der Waals surface area (Å²) < 4.78 is 5.48. The maximum Gasteiger partial charge on any atom is 0.250 e. The van der Waals surface area contributed by atoms with Crippen LogP contribution < -0.4 is 10.2 Å². The molecule has 9 heteroatoms. The first kappa shape index (κ1) is 30.0. The van der Waals surface area contributed by atoms with Gasteiger partial charge in [-0.15, -0.1) is 0 Å². The Hall–Kier alpha value is -3.43. The average molecular weight is 588 g/mol. The van der Waals surface area contributed by atoms with Gasteiger partial charge in [0.25, 0.3) is 0 Å². The van der Waals surface area contributed by atoms with Gasteiger partial charge in [0.05, 0.1) is 19.0 Å². The van der Waals surface area contributed by atoms with Crippen LogP contribution in [0.3, 0.4) is 0 Å². The lowest BCUT2D eigenvalue weighted by molar-refractivity contribution is -0.146.